The molecule has 1 aromatic heterocycles. The standard InChI is InChI=1S/C21H25N3O5S2/c25-20(16-5-2-1-3-6-16)22-15-17-8-9-19(30-17)31(27,28)24-12-10-23(11-13-24)21(26)18-7-4-14-29-18/h1-3,5-6,8-9,18H,4,7,10-15H2,(H,22,25). The van der Waals surface area contributed by atoms with Crippen LogP contribution >= 0.6 is 11.3 Å². The Labute approximate surface area is 185 Å². The van der Waals surface area contributed by atoms with Crippen LogP contribution in [0.3, 0.4) is 0 Å². The number of nitrogens with zero attached hydrogens (tertiary/aromatic N) is 2. The average molecular weight is 464 g/mol. The Morgan fingerprint density at radius 3 is 2.48 bits per heavy atom. The molecule has 2 aliphatic heterocycles. The van der Waals surface area contributed by atoms with Crippen molar-refractivity contribution in [3.8, 4) is 0 Å². The highest BCUT2D eigenvalue weighted by atomic mass is 32.2. The summed E-state index contributed by atoms with van der Waals surface area (Å²) in [6.45, 7) is 2.12. The van der Waals surface area contributed by atoms with Crippen LogP contribution in [0.4, 0.5) is 0 Å². The maximum absolute atomic E-state index is 13.0. The molecule has 1 N–H and O–H groups in total. The number of hydrogen-bond donors (Lipinski definition) is 1. The zero-order valence-electron chi connectivity index (χ0n) is 17.0. The molecule has 31 heavy (non-hydrogen) atoms. The SMILES string of the molecule is O=C(NCc1ccc(S(=O)(=O)N2CCN(C(=O)C3CCCO3)CC2)s1)c1ccccc1. The lowest BCUT2D eigenvalue weighted by Crippen LogP contribution is -2.52. The molecule has 10 heteroatoms. The van der Waals surface area contributed by atoms with Crippen LogP contribution in [-0.2, 0) is 26.1 Å². The van der Waals surface area contributed by atoms with Crippen molar-refractivity contribution >= 4 is 33.2 Å². The highest BCUT2D eigenvalue weighted by molar-refractivity contribution is 7.91. The van der Waals surface area contributed by atoms with E-state index >= 15 is 0 Å². The number of amides is 2. The van der Waals surface area contributed by atoms with Gasteiger partial charge in [0.15, 0.2) is 0 Å². The Balaban J connectivity index is 1.32. The predicted octanol–water partition coefficient (Wildman–Crippen LogP) is 1.69. The van der Waals surface area contributed by atoms with E-state index in [1.807, 2.05) is 6.07 Å². The summed E-state index contributed by atoms with van der Waals surface area (Å²) in [7, 11) is -3.63. The Kier molecular flexibility index (Phi) is 6.71. The van der Waals surface area contributed by atoms with Gasteiger partial charge in [0.05, 0.1) is 6.54 Å². The molecule has 0 spiro atoms. The summed E-state index contributed by atoms with van der Waals surface area (Å²) >= 11 is 1.15. The van der Waals surface area contributed by atoms with Gasteiger partial charge in [0, 0.05) is 43.2 Å². The average Bonchev–Trinajstić information content (AvgIpc) is 3.50. The normalized spacial score (nSPS) is 20.0. The molecule has 2 saturated heterocycles. The van der Waals surface area contributed by atoms with E-state index in [0.29, 0.717) is 25.3 Å². The van der Waals surface area contributed by atoms with Crippen LogP contribution in [0.5, 0.6) is 0 Å². The third kappa shape index (κ3) is 4.98. The van der Waals surface area contributed by atoms with Gasteiger partial charge in [0.2, 0.25) is 0 Å². The lowest BCUT2D eigenvalue weighted by atomic mass is 10.2. The number of sulfonamides is 1. The maximum Gasteiger partial charge on any atom is 0.252 e. The Bertz CT molecular complexity index is 1020. The van der Waals surface area contributed by atoms with Crippen molar-refractivity contribution in [2.24, 2.45) is 0 Å². The molecular formula is C21H25N3O5S2. The number of benzene rings is 1. The van der Waals surface area contributed by atoms with Gasteiger partial charge in [0.25, 0.3) is 21.8 Å². The van der Waals surface area contributed by atoms with Gasteiger partial charge in [-0.25, -0.2) is 8.42 Å². The van der Waals surface area contributed by atoms with Gasteiger partial charge < -0.3 is 15.0 Å². The van der Waals surface area contributed by atoms with E-state index < -0.39 is 10.0 Å². The fraction of sp³-hybridized carbons (Fsp3) is 0.429. The fourth-order valence-corrected chi connectivity index (χ4v) is 6.58. The molecule has 1 atom stereocenters. The number of hydrogen-bond acceptors (Lipinski definition) is 6. The highest BCUT2D eigenvalue weighted by Crippen LogP contribution is 2.26. The first-order valence-corrected chi connectivity index (χ1v) is 12.5. The van der Waals surface area contributed by atoms with Crippen molar-refractivity contribution in [3.63, 3.8) is 0 Å². The Morgan fingerprint density at radius 1 is 1.06 bits per heavy atom. The van der Waals surface area contributed by atoms with Crippen LogP contribution in [0, 0.1) is 0 Å². The molecule has 1 aromatic carbocycles. The smallest absolute Gasteiger partial charge is 0.252 e. The quantitative estimate of drug-likeness (QED) is 0.703. The second-order valence-electron chi connectivity index (χ2n) is 7.50. The Hall–Kier alpha value is -2.27. The third-order valence-corrected chi connectivity index (χ3v) is 8.90. The van der Waals surface area contributed by atoms with Crippen LogP contribution in [0.15, 0.2) is 46.7 Å². The minimum Gasteiger partial charge on any atom is -0.368 e. The van der Waals surface area contributed by atoms with Crippen molar-refractivity contribution < 1.29 is 22.7 Å². The van der Waals surface area contributed by atoms with Gasteiger partial charge in [-0.05, 0) is 37.1 Å². The highest BCUT2D eigenvalue weighted by Gasteiger charge is 2.34. The molecular weight excluding hydrogens is 438 g/mol. The first kappa shape index (κ1) is 21.9. The summed E-state index contributed by atoms with van der Waals surface area (Å²) < 4.78 is 33.1. The van der Waals surface area contributed by atoms with Crippen LogP contribution in [-0.4, -0.2) is 68.3 Å². The maximum atomic E-state index is 13.0. The van der Waals surface area contributed by atoms with Crippen LogP contribution in [0.2, 0.25) is 0 Å². The zero-order chi connectivity index (χ0) is 21.8. The molecule has 166 valence electrons. The summed E-state index contributed by atoms with van der Waals surface area (Å²) in [5.41, 5.74) is 0.558. The van der Waals surface area contributed by atoms with E-state index in [0.717, 1.165) is 29.1 Å². The van der Waals surface area contributed by atoms with E-state index in [-0.39, 0.29) is 41.8 Å². The van der Waals surface area contributed by atoms with Gasteiger partial charge in [-0.3, -0.25) is 9.59 Å². The minimum absolute atomic E-state index is 0.0397. The van der Waals surface area contributed by atoms with E-state index in [1.165, 1.54) is 4.31 Å². The van der Waals surface area contributed by atoms with Crippen LogP contribution < -0.4 is 5.32 Å². The molecule has 3 heterocycles. The van der Waals surface area contributed by atoms with Gasteiger partial charge in [-0.15, -0.1) is 11.3 Å². The molecule has 8 nitrogen and oxygen atoms in total. The van der Waals surface area contributed by atoms with Crippen molar-refractivity contribution in [2.75, 3.05) is 32.8 Å². The number of piperazine rings is 1. The van der Waals surface area contributed by atoms with Crippen molar-refractivity contribution in [1.29, 1.82) is 0 Å². The summed E-state index contributed by atoms with van der Waals surface area (Å²) in [5, 5.41) is 2.81. The first-order valence-electron chi connectivity index (χ1n) is 10.3. The number of nitrogens with one attached hydrogen (secondary N) is 1. The lowest BCUT2D eigenvalue weighted by Gasteiger charge is -2.34. The molecule has 2 aromatic rings. The van der Waals surface area contributed by atoms with Crippen molar-refractivity contribution in [2.45, 2.75) is 29.7 Å². The Morgan fingerprint density at radius 2 is 1.81 bits per heavy atom. The largest absolute Gasteiger partial charge is 0.368 e. The van der Waals surface area contributed by atoms with E-state index in [2.05, 4.69) is 5.32 Å². The van der Waals surface area contributed by atoms with Crippen molar-refractivity contribution in [1.82, 2.24) is 14.5 Å². The van der Waals surface area contributed by atoms with Gasteiger partial charge >= 0.3 is 0 Å². The second-order valence-corrected chi connectivity index (χ2v) is 10.8. The van der Waals surface area contributed by atoms with E-state index in [4.69, 9.17) is 4.74 Å². The molecule has 0 saturated carbocycles. The zero-order valence-corrected chi connectivity index (χ0v) is 18.7. The van der Waals surface area contributed by atoms with Gasteiger partial charge in [0.1, 0.15) is 10.3 Å². The summed E-state index contributed by atoms with van der Waals surface area (Å²) in [4.78, 5) is 27.1. The first-order chi connectivity index (χ1) is 14.9. The number of thiophene rings is 1. The molecule has 0 bridgehead atoms. The molecule has 4 rings (SSSR count). The molecule has 2 amide bonds. The van der Waals surface area contributed by atoms with Crippen LogP contribution in [0.1, 0.15) is 28.1 Å². The fourth-order valence-electron chi connectivity index (χ4n) is 3.70. The van der Waals surface area contributed by atoms with Gasteiger partial charge in [-0.2, -0.15) is 4.31 Å². The number of ether oxygens (including phenoxy) is 1. The molecule has 2 fully saturated rings. The number of carbonyl (C=O) groups excluding carboxylic acids is 2. The molecule has 0 aliphatic carbocycles. The second kappa shape index (κ2) is 9.47. The van der Waals surface area contributed by atoms with E-state index in [9.17, 15) is 18.0 Å². The minimum atomic E-state index is -3.63. The predicted molar refractivity (Wildman–Crippen MR) is 116 cm³/mol. The molecule has 1 unspecified atom stereocenters. The summed E-state index contributed by atoms with van der Waals surface area (Å²) in [5.74, 6) is -0.243. The molecule has 0 radical (unpaired) electrons. The number of carbonyl (C=O) groups is 2. The van der Waals surface area contributed by atoms with Crippen molar-refractivity contribution in [3.05, 3.63) is 52.9 Å². The molecule has 2 aliphatic rings. The monoisotopic (exact) mass is 463 g/mol. The number of rotatable bonds is 6. The lowest BCUT2D eigenvalue weighted by molar-refractivity contribution is -0.142. The van der Waals surface area contributed by atoms with Crippen LogP contribution in [0.25, 0.3) is 0 Å². The topological polar surface area (TPSA) is 96.0 Å². The van der Waals surface area contributed by atoms with E-state index in [1.54, 1.807) is 41.3 Å². The summed E-state index contributed by atoms with van der Waals surface area (Å²) in [6, 6.07) is 12.2. The van der Waals surface area contributed by atoms with Gasteiger partial charge in [-0.1, -0.05) is 18.2 Å². The third-order valence-electron chi connectivity index (χ3n) is 5.45. The summed E-state index contributed by atoms with van der Waals surface area (Å²) in [6.07, 6.45) is 1.24.